The van der Waals surface area contributed by atoms with E-state index in [4.69, 9.17) is 47.4 Å². The maximum absolute atomic E-state index is 12.1. The Morgan fingerprint density at radius 3 is 1.86 bits per heavy atom. The number of aliphatic hydroxyl groups excluding tert-OH is 12. The van der Waals surface area contributed by atoms with Crippen molar-refractivity contribution >= 4 is 0 Å². The van der Waals surface area contributed by atoms with Gasteiger partial charge in [0.15, 0.2) is 30.9 Å². The van der Waals surface area contributed by atoms with Gasteiger partial charge in [-0.1, -0.05) is 39.3 Å². The molecule has 8 fully saturated rings. The summed E-state index contributed by atoms with van der Waals surface area (Å²) in [5.41, 5.74) is 1.19. The largest absolute Gasteiger partial charge is 0.394 e. The van der Waals surface area contributed by atoms with E-state index < -0.39 is 148 Å². The smallest absolute Gasteiger partial charge is 0.187 e. The summed E-state index contributed by atoms with van der Waals surface area (Å²) in [4.78, 5) is 0. The van der Waals surface area contributed by atoms with E-state index in [9.17, 15) is 61.3 Å². The average Bonchev–Trinajstić information content (AvgIpc) is 3.84. The van der Waals surface area contributed by atoms with Crippen molar-refractivity contribution < 1.29 is 109 Å². The number of hydrogen-bond acceptors (Lipinski definition) is 22. The predicted molar refractivity (Wildman–Crippen MR) is 254 cm³/mol. The van der Waals surface area contributed by atoms with Crippen LogP contribution in [0.15, 0.2) is 11.6 Å². The van der Waals surface area contributed by atoms with Crippen LogP contribution in [0.2, 0.25) is 0 Å². The van der Waals surface area contributed by atoms with E-state index in [-0.39, 0.29) is 41.3 Å². The van der Waals surface area contributed by atoms with Crippen molar-refractivity contribution in [2.75, 3.05) is 26.9 Å². The third-order valence-electron chi connectivity index (χ3n) is 19.8. The molecule has 0 aromatic heterocycles. The number of fused-ring (bicyclic) bond motifs is 7. The molecule has 0 aromatic carbocycles. The molecule has 5 saturated heterocycles. The summed E-state index contributed by atoms with van der Waals surface area (Å²) in [6, 6.07) is 0. The van der Waals surface area contributed by atoms with Crippen molar-refractivity contribution in [1.82, 2.24) is 0 Å². The minimum absolute atomic E-state index is 0.00465. The lowest BCUT2D eigenvalue weighted by molar-refractivity contribution is -0.388. The first-order valence-corrected chi connectivity index (χ1v) is 27.2. The fourth-order valence-corrected chi connectivity index (χ4v) is 15.3. The molecule has 5 heterocycles. The Morgan fingerprint density at radius 1 is 0.649 bits per heavy atom. The molecule has 74 heavy (non-hydrogen) atoms. The Hall–Kier alpha value is -1.14. The molecule has 31 atom stereocenters. The maximum Gasteiger partial charge on any atom is 0.187 e. The second-order valence-electron chi connectivity index (χ2n) is 24.0. The monoisotopic (exact) mass is 1060 g/mol. The Morgan fingerprint density at radius 2 is 1.24 bits per heavy atom. The number of aliphatic hydroxyl groups is 12. The molecule has 5 aliphatic heterocycles. The third kappa shape index (κ3) is 10.1. The van der Waals surface area contributed by atoms with Gasteiger partial charge in [0.05, 0.1) is 44.2 Å². The zero-order valence-electron chi connectivity index (χ0n) is 43.7. The van der Waals surface area contributed by atoms with Crippen LogP contribution < -0.4 is 0 Å². The van der Waals surface area contributed by atoms with Crippen LogP contribution in [0.5, 0.6) is 0 Å². The average molecular weight is 1060 g/mol. The molecule has 0 aromatic rings. The van der Waals surface area contributed by atoms with E-state index >= 15 is 0 Å². The van der Waals surface area contributed by atoms with E-state index in [0.717, 1.165) is 32.1 Å². The van der Waals surface area contributed by atoms with Gasteiger partial charge < -0.3 is 109 Å². The van der Waals surface area contributed by atoms with Gasteiger partial charge in [-0.15, -0.1) is 0 Å². The van der Waals surface area contributed by atoms with Gasteiger partial charge in [0.2, 0.25) is 0 Å². The molecular weight excluding hydrogens is 977 g/mol. The highest BCUT2D eigenvalue weighted by Crippen LogP contribution is 2.70. The molecule has 9 rings (SSSR count). The van der Waals surface area contributed by atoms with Crippen molar-refractivity contribution in [3.8, 4) is 0 Å². The molecule has 22 nitrogen and oxygen atoms in total. The first-order valence-electron chi connectivity index (χ1n) is 27.2. The summed E-state index contributed by atoms with van der Waals surface area (Å²) in [7, 11) is 1.72. The molecule has 9 aliphatic rings. The zero-order chi connectivity index (χ0) is 53.5. The molecule has 0 unspecified atom stereocenters. The van der Waals surface area contributed by atoms with Crippen molar-refractivity contribution in [3.63, 3.8) is 0 Å². The van der Waals surface area contributed by atoms with Crippen molar-refractivity contribution in [3.05, 3.63) is 11.6 Å². The topological polar surface area (TPSA) is 335 Å². The van der Waals surface area contributed by atoms with Gasteiger partial charge in [-0.05, 0) is 106 Å². The van der Waals surface area contributed by atoms with Crippen LogP contribution in [0.1, 0.15) is 99.3 Å². The Kier molecular flexibility index (Phi) is 17.4. The maximum atomic E-state index is 12.1. The second kappa shape index (κ2) is 22.4. The molecule has 0 bridgehead atoms. The molecule has 0 radical (unpaired) electrons. The Balaban J connectivity index is 0.854. The first kappa shape index (κ1) is 57.5. The number of ether oxygens (including phenoxy) is 10. The predicted octanol–water partition coefficient (Wildman–Crippen LogP) is -1.33. The number of hydrogen-bond donors (Lipinski definition) is 12. The summed E-state index contributed by atoms with van der Waals surface area (Å²) in [5.74, 6) is 0.884. The minimum Gasteiger partial charge on any atom is -0.394 e. The van der Waals surface area contributed by atoms with Crippen molar-refractivity contribution in [1.29, 1.82) is 0 Å². The third-order valence-corrected chi connectivity index (χ3v) is 19.8. The van der Waals surface area contributed by atoms with Gasteiger partial charge in [0.1, 0.15) is 85.5 Å². The molecule has 4 aliphatic carbocycles. The number of allylic oxidation sites excluding steroid dienone is 1. The molecule has 12 N–H and O–H groups in total. The summed E-state index contributed by atoms with van der Waals surface area (Å²) in [5, 5.41) is 127. The molecular formula is C52H86O22. The highest BCUT2D eigenvalue weighted by Gasteiger charge is 2.68. The number of rotatable bonds is 15. The van der Waals surface area contributed by atoms with Crippen LogP contribution >= 0.6 is 0 Å². The first-order chi connectivity index (χ1) is 35.0. The van der Waals surface area contributed by atoms with Gasteiger partial charge in [0.25, 0.3) is 0 Å². The second-order valence-corrected chi connectivity index (χ2v) is 24.0. The van der Waals surface area contributed by atoms with Crippen LogP contribution in [0, 0.1) is 46.3 Å². The standard InChI is InChI=1S/C52H86O22/c1-21(20-66-46-40(61)39(60)36(57)31(18-53)70-46)10-15-52(65-7)22(2)33-30(74-52)17-29-27-9-8-25-16-26(11-13-50(25,5)28(27)12-14-51(29,33)6)69-49-45(73-48-42(63)38(59)35(56)24(4)68-48)43(64)44(32(19-54)71-49)72-47-41(62)37(58)34(55)23(3)67-47/h8,21-24,26-49,53-64H,9-20H2,1-7H3/t21-,22+,23-,24-,26-,27-,28-,29-,30-,31+,32+,33-,34-,35-,36+,37+,38+,39-,40+,41+,42+,43-,44+,45+,46+,47-,48-,49+,50-,51-,52-/m0/s1. The molecule has 3 saturated carbocycles. The fourth-order valence-electron chi connectivity index (χ4n) is 15.3. The van der Waals surface area contributed by atoms with E-state index in [1.807, 2.05) is 6.92 Å². The van der Waals surface area contributed by atoms with E-state index in [1.54, 1.807) is 7.11 Å². The molecule has 0 spiro atoms. The highest BCUT2D eigenvalue weighted by molar-refractivity contribution is 5.26. The van der Waals surface area contributed by atoms with Crippen LogP contribution in [0.25, 0.3) is 0 Å². The van der Waals surface area contributed by atoms with Crippen LogP contribution in [-0.2, 0) is 47.4 Å². The van der Waals surface area contributed by atoms with Crippen LogP contribution in [0.4, 0.5) is 0 Å². The minimum atomic E-state index is -1.74. The number of methoxy groups -OCH3 is 1. The van der Waals surface area contributed by atoms with Crippen molar-refractivity contribution in [2.45, 2.75) is 240 Å². The molecule has 0 amide bonds. The van der Waals surface area contributed by atoms with Gasteiger partial charge >= 0.3 is 0 Å². The molecule has 22 heteroatoms. The van der Waals surface area contributed by atoms with Gasteiger partial charge in [0, 0.05) is 19.4 Å². The summed E-state index contributed by atoms with van der Waals surface area (Å²) in [6.07, 6.45) is -19.4. The van der Waals surface area contributed by atoms with Gasteiger partial charge in [-0.25, -0.2) is 0 Å². The SMILES string of the molecule is CO[C@@]1(CC[C@H](C)CO[C@@H]2O[C@H](CO)[C@@H](O)[C@H](O)[C@H]2O)O[C@H]2C[C@H]3[C@H]4CC=C5C[C@@H](O[C@@H]6O[C@H](CO)[C@@H](O[C@@H]7O[C@@H](C)[C@H](O)[C@@H](O)[C@H]7O)[C@H](O)[C@H]6O[C@@H]6O[C@@H](C)[C@H](O)[C@@H](O)[C@H]6O)CC[C@]5(C)[C@H]4CC[C@]3(C)[C@H]2[C@H]1C. The lowest BCUT2D eigenvalue weighted by atomic mass is 9.47. The van der Waals surface area contributed by atoms with E-state index in [1.165, 1.54) is 19.4 Å². The quantitative estimate of drug-likeness (QED) is 0.0846. The zero-order valence-corrected chi connectivity index (χ0v) is 43.7. The Bertz CT molecular complexity index is 1920. The summed E-state index contributed by atoms with van der Waals surface area (Å²) < 4.78 is 61.5. The fraction of sp³-hybridized carbons (Fsp3) is 0.962. The molecule has 426 valence electrons. The lowest BCUT2D eigenvalue weighted by Gasteiger charge is -2.58. The van der Waals surface area contributed by atoms with E-state index in [2.05, 4.69) is 26.8 Å². The Labute approximate surface area is 432 Å². The lowest BCUT2D eigenvalue weighted by Crippen LogP contribution is -2.66. The van der Waals surface area contributed by atoms with E-state index in [0.29, 0.717) is 43.4 Å². The normalized spacial score (nSPS) is 54.9. The van der Waals surface area contributed by atoms with Gasteiger partial charge in [-0.2, -0.15) is 0 Å². The van der Waals surface area contributed by atoms with Crippen LogP contribution in [0.3, 0.4) is 0 Å². The highest BCUT2D eigenvalue weighted by atomic mass is 16.8. The van der Waals surface area contributed by atoms with Crippen molar-refractivity contribution in [2.24, 2.45) is 46.3 Å². The summed E-state index contributed by atoms with van der Waals surface area (Å²) >= 11 is 0. The summed E-state index contributed by atoms with van der Waals surface area (Å²) in [6.45, 7) is 11.1. The van der Waals surface area contributed by atoms with Crippen LogP contribution in [-0.4, -0.2) is 229 Å². The van der Waals surface area contributed by atoms with Gasteiger partial charge in [-0.3, -0.25) is 0 Å².